The Morgan fingerprint density at radius 1 is 1.38 bits per heavy atom. The second-order valence-corrected chi connectivity index (χ2v) is 7.60. The van der Waals surface area contributed by atoms with Gasteiger partial charge in [0.1, 0.15) is 0 Å². The molecule has 1 aliphatic rings. The summed E-state index contributed by atoms with van der Waals surface area (Å²) >= 11 is 0. The van der Waals surface area contributed by atoms with E-state index in [4.69, 9.17) is 0 Å². The lowest BCUT2D eigenvalue weighted by Gasteiger charge is -2.09. The van der Waals surface area contributed by atoms with Gasteiger partial charge in [-0.2, -0.15) is 0 Å². The van der Waals surface area contributed by atoms with Crippen molar-refractivity contribution in [1.29, 1.82) is 0 Å². The zero-order valence-electron chi connectivity index (χ0n) is 12.2. The van der Waals surface area contributed by atoms with E-state index in [0.717, 1.165) is 36.0 Å². The zero-order chi connectivity index (χ0) is 15.0. The lowest BCUT2D eigenvalue weighted by atomic mass is 9.98. The van der Waals surface area contributed by atoms with Crippen LogP contribution in [0.25, 0.3) is 10.9 Å². The average molecular weight is 304 g/mol. The lowest BCUT2D eigenvalue weighted by Crippen LogP contribution is -2.14. The largest absolute Gasteiger partial charge is 0.306 e. The maximum atomic E-state index is 12.4. The van der Waals surface area contributed by atoms with Gasteiger partial charge in [-0.1, -0.05) is 24.3 Å². The molecule has 1 unspecified atom stereocenters. The van der Waals surface area contributed by atoms with Crippen LogP contribution in [0.2, 0.25) is 0 Å². The first kappa shape index (κ1) is 14.4. The zero-order valence-corrected chi connectivity index (χ0v) is 13.0. The van der Waals surface area contributed by atoms with Crippen molar-refractivity contribution >= 4 is 20.9 Å². The summed E-state index contributed by atoms with van der Waals surface area (Å²) in [6.07, 6.45) is 4.33. The number of hydrogen-bond acceptors (Lipinski definition) is 3. The van der Waals surface area contributed by atoms with Crippen molar-refractivity contribution < 1.29 is 8.42 Å². The summed E-state index contributed by atoms with van der Waals surface area (Å²) in [5, 5.41) is 1.05. The molecule has 0 bridgehead atoms. The van der Waals surface area contributed by atoms with Gasteiger partial charge in [-0.05, 0) is 37.6 Å². The Bertz CT molecular complexity index is 777. The molecular weight excluding hydrogens is 284 g/mol. The second-order valence-electron chi connectivity index (χ2n) is 5.71. The maximum absolute atomic E-state index is 12.4. The predicted molar refractivity (Wildman–Crippen MR) is 86.2 cm³/mol. The van der Waals surface area contributed by atoms with Crippen molar-refractivity contribution in [3.63, 3.8) is 0 Å². The van der Waals surface area contributed by atoms with Crippen LogP contribution in [0.5, 0.6) is 0 Å². The van der Waals surface area contributed by atoms with Crippen LogP contribution in [0.15, 0.2) is 43.1 Å². The molecule has 1 fully saturated rings. The molecule has 21 heavy (non-hydrogen) atoms. The van der Waals surface area contributed by atoms with E-state index in [-0.39, 0.29) is 5.75 Å². The van der Waals surface area contributed by atoms with Gasteiger partial charge in [0.2, 0.25) is 10.0 Å². The Hall–Kier alpha value is -1.59. The molecule has 3 rings (SSSR count). The first-order valence-corrected chi connectivity index (χ1v) is 8.76. The van der Waals surface area contributed by atoms with Crippen molar-refractivity contribution in [2.45, 2.75) is 12.3 Å². The molecule has 5 heteroatoms. The van der Waals surface area contributed by atoms with Gasteiger partial charge < -0.3 is 4.90 Å². The van der Waals surface area contributed by atoms with Crippen molar-refractivity contribution in [2.24, 2.45) is 0 Å². The topological polar surface area (TPSA) is 42.3 Å². The summed E-state index contributed by atoms with van der Waals surface area (Å²) in [4.78, 5) is 2.29. The van der Waals surface area contributed by atoms with Gasteiger partial charge in [-0.25, -0.2) is 12.4 Å². The number of rotatable bonds is 4. The van der Waals surface area contributed by atoms with Gasteiger partial charge in [0.05, 0.1) is 11.3 Å². The number of nitrogens with zero attached hydrogens (tertiary/aromatic N) is 2. The van der Waals surface area contributed by atoms with Crippen molar-refractivity contribution in [3.8, 4) is 0 Å². The Morgan fingerprint density at radius 2 is 2.14 bits per heavy atom. The van der Waals surface area contributed by atoms with Gasteiger partial charge in [0.25, 0.3) is 0 Å². The molecule has 0 N–H and O–H groups in total. The van der Waals surface area contributed by atoms with E-state index < -0.39 is 10.0 Å². The summed E-state index contributed by atoms with van der Waals surface area (Å²) < 4.78 is 26.3. The van der Waals surface area contributed by atoms with E-state index in [9.17, 15) is 8.42 Å². The van der Waals surface area contributed by atoms with E-state index >= 15 is 0 Å². The number of likely N-dealkylation sites (tertiary alicyclic amines) is 1. The number of fused-ring (bicyclic) bond motifs is 1. The van der Waals surface area contributed by atoms with Gasteiger partial charge in [0, 0.05) is 18.1 Å². The molecule has 112 valence electrons. The van der Waals surface area contributed by atoms with E-state index in [0.29, 0.717) is 5.92 Å². The second kappa shape index (κ2) is 5.31. The van der Waals surface area contributed by atoms with Gasteiger partial charge in [-0.15, -0.1) is 6.58 Å². The van der Waals surface area contributed by atoms with Crippen LogP contribution in [0.4, 0.5) is 0 Å². The van der Waals surface area contributed by atoms with E-state index in [1.165, 1.54) is 10.0 Å². The molecule has 1 atom stereocenters. The summed E-state index contributed by atoms with van der Waals surface area (Å²) in [7, 11) is -1.27. The Morgan fingerprint density at radius 3 is 2.81 bits per heavy atom. The van der Waals surface area contributed by atoms with E-state index in [1.54, 1.807) is 0 Å². The monoisotopic (exact) mass is 304 g/mol. The third-order valence-corrected chi connectivity index (χ3v) is 5.73. The Kier molecular flexibility index (Phi) is 3.63. The van der Waals surface area contributed by atoms with Crippen LogP contribution in [0, 0.1) is 0 Å². The molecule has 0 saturated carbocycles. The van der Waals surface area contributed by atoms with Crippen LogP contribution in [-0.4, -0.2) is 43.2 Å². The number of likely N-dealkylation sites (N-methyl/N-ethyl adjacent to an activating group) is 1. The molecule has 0 spiro atoms. The predicted octanol–water partition coefficient (Wildman–Crippen LogP) is 2.42. The standard InChI is InChI=1S/C16H20N2O2S/c1-3-10-21(19,20)18-12-15(13-8-9-17(2)11-13)14-6-4-5-7-16(14)18/h3-7,12-13H,1,8-11H2,2H3. The first-order chi connectivity index (χ1) is 10.0. The normalized spacial score (nSPS) is 20.1. The number of aromatic nitrogens is 1. The molecule has 1 saturated heterocycles. The highest BCUT2D eigenvalue weighted by molar-refractivity contribution is 7.90. The van der Waals surface area contributed by atoms with Crippen LogP contribution in [0.3, 0.4) is 0 Å². The highest BCUT2D eigenvalue weighted by Crippen LogP contribution is 2.34. The number of benzene rings is 1. The van der Waals surface area contributed by atoms with Crippen molar-refractivity contribution in [1.82, 2.24) is 8.87 Å². The smallest absolute Gasteiger partial charge is 0.242 e. The molecular formula is C16H20N2O2S. The van der Waals surface area contributed by atoms with Gasteiger partial charge in [-0.3, -0.25) is 0 Å². The third kappa shape index (κ3) is 2.51. The Labute approximate surface area is 125 Å². The fourth-order valence-corrected chi connectivity index (χ4v) is 4.34. The van der Waals surface area contributed by atoms with Gasteiger partial charge >= 0.3 is 0 Å². The fourth-order valence-electron chi connectivity index (χ4n) is 3.15. The minimum absolute atomic E-state index is 0.0459. The minimum Gasteiger partial charge on any atom is -0.306 e. The van der Waals surface area contributed by atoms with Crippen LogP contribution in [0.1, 0.15) is 17.9 Å². The molecule has 2 heterocycles. The molecule has 0 aliphatic carbocycles. The van der Waals surface area contributed by atoms with Crippen LogP contribution >= 0.6 is 0 Å². The summed E-state index contributed by atoms with van der Waals surface area (Å²) in [6.45, 7) is 5.59. The third-order valence-electron chi connectivity index (χ3n) is 4.17. The maximum Gasteiger partial charge on any atom is 0.242 e. The highest BCUT2D eigenvalue weighted by Gasteiger charge is 2.26. The lowest BCUT2D eigenvalue weighted by molar-refractivity contribution is 0.412. The fraction of sp³-hybridized carbons (Fsp3) is 0.375. The van der Waals surface area contributed by atoms with Crippen LogP contribution < -0.4 is 0 Å². The number of hydrogen-bond donors (Lipinski definition) is 0. The summed E-state index contributed by atoms with van der Waals surface area (Å²) in [5.74, 6) is 0.357. The molecule has 0 amide bonds. The molecule has 1 aromatic heterocycles. The highest BCUT2D eigenvalue weighted by atomic mass is 32.2. The summed E-state index contributed by atoms with van der Waals surface area (Å²) in [6, 6.07) is 7.74. The molecule has 4 nitrogen and oxygen atoms in total. The average Bonchev–Trinajstić information content (AvgIpc) is 3.02. The molecule has 1 aliphatic heterocycles. The molecule has 2 aromatic rings. The Balaban J connectivity index is 2.17. The minimum atomic E-state index is -3.37. The van der Waals surface area contributed by atoms with Crippen molar-refractivity contribution in [2.75, 3.05) is 25.9 Å². The molecule has 0 radical (unpaired) electrons. The van der Waals surface area contributed by atoms with Crippen molar-refractivity contribution in [3.05, 3.63) is 48.7 Å². The summed E-state index contributed by atoms with van der Waals surface area (Å²) in [5.41, 5.74) is 1.91. The quantitative estimate of drug-likeness (QED) is 0.815. The van der Waals surface area contributed by atoms with Crippen LogP contribution in [-0.2, 0) is 10.0 Å². The first-order valence-electron chi connectivity index (χ1n) is 7.15. The van der Waals surface area contributed by atoms with E-state index in [2.05, 4.69) is 18.5 Å². The van der Waals surface area contributed by atoms with E-state index in [1.807, 2.05) is 30.5 Å². The van der Waals surface area contributed by atoms with Gasteiger partial charge in [0.15, 0.2) is 0 Å². The molecule has 1 aromatic carbocycles. The number of para-hydroxylation sites is 1. The SMILES string of the molecule is C=CCS(=O)(=O)n1cc(C2CCN(C)C2)c2ccccc21.